The summed E-state index contributed by atoms with van der Waals surface area (Å²) in [7, 11) is 2.12. The van der Waals surface area contributed by atoms with Crippen molar-refractivity contribution in [3.63, 3.8) is 0 Å². The third-order valence-corrected chi connectivity index (χ3v) is 5.85. The smallest absolute Gasteiger partial charge is 0.225 e. The Morgan fingerprint density at radius 1 is 1.29 bits per heavy atom. The predicted molar refractivity (Wildman–Crippen MR) is 114 cm³/mol. The van der Waals surface area contributed by atoms with Crippen LogP contribution in [0, 0.1) is 6.92 Å². The quantitative estimate of drug-likeness (QED) is 0.711. The number of hydrogen-bond donors (Lipinski definition) is 1. The van der Waals surface area contributed by atoms with Gasteiger partial charge in [0.1, 0.15) is 0 Å². The first-order valence-electron chi connectivity index (χ1n) is 10.4. The van der Waals surface area contributed by atoms with Gasteiger partial charge in [0.2, 0.25) is 5.95 Å². The van der Waals surface area contributed by atoms with Gasteiger partial charge in [0.25, 0.3) is 0 Å². The molecule has 0 amide bonds. The number of hydrogen-bond acceptors (Lipinski definition) is 5. The summed E-state index contributed by atoms with van der Waals surface area (Å²) in [6, 6.07) is 8.47. The Hall–Kier alpha value is -2.27. The number of anilines is 1. The average molecular weight is 381 g/mol. The molecule has 0 bridgehead atoms. The molecule has 0 aliphatic heterocycles. The molecule has 1 aliphatic carbocycles. The summed E-state index contributed by atoms with van der Waals surface area (Å²) in [5.74, 6) is 0.923. The van der Waals surface area contributed by atoms with Crippen molar-refractivity contribution < 1.29 is 4.79 Å². The maximum Gasteiger partial charge on any atom is 0.225 e. The van der Waals surface area contributed by atoms with E-state index in [9.17, 15) is 4.79 Å². The van der Waals surface area contributed by atoms with E-state index in [0.29, 0.717) is 12.6 Å². The highest BCUT2D eigenvalue weighted by molar-refractivity contribution is 5.94. The molecule has 1 atom stereocenters. The molecule has 5 nitrogen and oxygen atoms in total. The monoisotopic (exact) mass is 380 g/mol. The molecule has 1 N–H and O–H groups in total. The minimum atomic E-state index is 0.0943. The minimum Gasteiger partial charge on any atom is -0.341 e. The first-order chi connectivity index (χ1) is 13.5. The van der Waals surface area contributed by atoms with Gasteiger partial charge in [0.15, 0.2) is 5.78 Å². The Morgan fingerprint density at radius 3 is 2.71 bits per heavy atom. The van der Waals surface area contributed by atoms with Crippen LogP contribution < -0.4 is 10.2 Å². The first-order valence-corrected chi connectivity index (χ1v) is 10.4. The van der Waals surface area contributed by atoms with E-state index < -0.39 is 0 Å². The molecule has 5 heteroatoms. The van der Waals surface area contributed by atoms with Crippen molar-refractivity contribution in [2.45, 2.75) is 71.5 Å². The van der Waals surface area contributed by atoms with Crippen molar-refractivity contribution in [1.29, 1.82) is 0 Å². The highest BCUT2D eigenvalue weighted by atomic mass is 16.1. The van der Waals surface area contributed by atoms with Gasteiger partial charge in [-0.1, -0.05) is 37.5 Å². The number of nitrogens with one attached hydrogen (secondary N) is 1. The van der Waals surface area contributed by atoms with Crippen LogP contribution in [0.15, 0.2) is 30.5 Å². The molecular formula is C23H32N4O. The van der Waals surface area contributed by atoms with Crippen LogP contribution in [0.5, 0.6) is 0 Å². The molecule has 0 saturated heterocycles. The highest BCUT2D eigenvalue weighted by Gasteiger charge is 2.21. The van der Waals surface area contributed by atoms with Gasteiger partial charge in [-0.05, 0) is 45.2 Å². The van der Waals surface area contributed by atoms with Crippen LogP contribution in [0.1, 0.15) is 79.2 Å². The van der Waals surface area contributed by atoms with Gasteiger partial charge in [0.05, 0.1) is 0 Å². The second kappa shape index (κ2) is 9.28. The number of ketones is 1. The molecular weight excluding hydrogens is 348 g/mol. The largest absolute Gasteiger partial charge is 0.341 e. The number of aromatic nitrogens is 2. The summed E-state index contributed by atoms with van der Waals surface area (Å²) < 4.78 is 0. The fourth-order valence-corrected chi connectivity index (χ4v) is 3.97. The second-order valence-corrected chi connectivity index (χ2v) is 7.97. The number of rotatable bonds is 7. The van der Waals surface area contributed by atoms with Gasteiger partial charge < -0.3 is 10.2 Å². The van der Waals surface area contributed by atoms with E-state index in [0.717, 1.165) is 28.3 Å². The molecule has 3 rings (SSSR count). The van der Waals surface area contributed by atoms with Gasteiger partial charge in [-0.3, -0.25) is 4.79 Å². The molecule has 0 radical (unpaired) electrons. The second-order valence-electron chi connectivity index (χ2n) is 7.97. The zero-order valence-electron chi connectivity index (χ0n) is 17.5. The molecule has 0 spiro atoms. The lowest BCUT2D eigenvalue weighted by molar-refractivity contribution is 0.101. The lowest BCUT2D eigenvalue weighted by atomic mass is 9.95. The first kappa shape index (κ1) is 20.5. The van der Waals surface area contributed by atoms with Crippen molar-refractivity contribution >= 4 is 11.7 Å². The van der Waals surface area contributed by atoms with Crippen LogP contribution in [0.2, 0.25) is 0 Å². The molecule has 1 heterocycles. The Balaban J connectivity index is 1.64. The van der Waals surface area contributed by atoms with E-state index in [-0.39, 0.29) is 11.8 Å². The molecule has 2 aromatic rings. The lowest BCUT2D eigenvalue weighted by Crippen LogP contribution is -2.34. The summed E-state index contributed by atoms with van der Waals surface area (Å²) in [5.41, 5.74) is 3.99. The van der Waals surface area contributed by atoms with Gasteiger partial charge in [-0.2, -0.15) is 0 Å². The van der Waals surface area contributed by atoms with Crippen LogP contribution in [-0.2, 0) is 6.54 Å². The molecule has 1 aromatic carbocycles. The van der Waals surface area contributed by atoms with Gasteiger partial charge in [-0.15, -0.1) is 0 Å². The minimum absolute atomic E-state index is 0.0943. The van der Waals surface area contributed by atoms with Gasteiger partial charge >= 0.3 is 0 Å². The number of benzene rings is 1. The van der Waals surface area contributed by atoms with Gasteiger partial charge in [0, 0.05) is 48.7 Å². The SMILES string of the molecule is CC(=O)c1cccc(CNC(C)c2cnc(N(C)C3CCCCC3)nc2C)c1. The van der Waals surface area contributed by atoms with Gasteiger partial charge in [-0.25, -0.2) is 9.97 Å². The van der Waals surface area contributed by atoms with Crippen molar-refractivity contribution in [1.82, 2.24) is 15.3 Å². The molecule has 1 unspecified atom stereocenters. The van der Waals surface area contributed by atoms with Crippen molar-refractivity contribution in [3.05, 3.63) is 52.8 Å². The summed E-state index contributed by atoms with van der Waals surface area (Å²) in [5, 5.41) is 3.53. The molecule has 28 heavy (non-hydrogen) atoms. The molecule has 1 saturated carbocycles. The normalized spacial score (nSPS) is 16.0. The third kappa shape index (κ3) is 4.96. The number of carbonyl (C=O) groups excluding carboxylic acids is 1. The Labute approximate surface area is 168 Å². The molecule has 1 fully saturated rings. The maximum absolute atomic E-state index is 11.6. The fourth-order valence-electron chi connectivity index (χ4n) is 3.97. The van der Waals surface area contributed by atoms with Crippen molar-refractivity contribution in [2.75, 3.05) is 11.9 Å². The van der Waals surface area contributed by atoms with E-state index in [2.05, 4.69) is 36.1 Å². The predicted octanol–water partition coefficient (Wildman–Crippen LogP) is 4.61. The van der Waals surface area contributed by atoms with Crippen molar-refractivity contribution in [2.24, 2.45) is 0 Å². The summed E-state index contributed by atoms with van der Waals surface area (Å²) in [6.07, 6.45) is 8.38. The van der Waals surface area contributed by atoms with Crippen LogP contribution in [0.3, 0.4) is 0 Å². The Morgan fingerprint density at radius 2 is 2.04 bits per heavy atom. The standard InChI is InChI=1S/C23H32N4O/c1-16(24-14-19-9-8-10-20(13-19)18(3)28)22-15-25-23(26-17(22)2)27(4)21-11-6-5-7-12-21/h8-10,13,15-16,21,24H,5-7,11-12,14H2,1-4H3. The number of Topliss-reactive ketones (excluding diaryl/α,β-unsaturated/α-hetero) is 1. The maximum atomic E-state index is 11.6. The third-order valence-electron chi connectivity index (χ3n) is 5.85. The molecule has 1 aromatic heterocycles. The van der Waals surface area contributed by atoms with E-state index in [1.54, 1.807) is 6.92 Å². The zero-order chi connectivity index (χ0) is 20.1. The fraction of sp³-hybridized carbons (Fsp3) is 0.522. The Bertz CT molecular complexity index is 814. The van der Waals surface area contributed by atoms with E-state index in [1.165, 1.54) is 32.1 Å². The zero-order valence-corrected chi connectivity index (χ0v) is 17.5. The Kier molecular flexibility index (Phi) is 6.79. The molecule has 150 valence electrons. The van der Waals surface area contributed by atoms with Crippen LogP contribution >= 0.6 is 0 Å². The van der Waals surface area contributed by atoms with Crippen molar-refractivity contribution in [3.8, 4) is 0 Å². The van der Waals surface area contributed by atoms with Crippen LogP contribution in [0.25, 0.3) is 0 Å². The number of aryl methyl sites for hydroxylation is 1. The summed E-state index contributed by atoms with van der Waals surface area (Å²) in [4.78, 5) is 23.3. The lowest BCUT2D eigenvalue weighted by Gasteiger charge is -2.31. The molecule has 1 aliphatic rings. The topological polar surface area (TPSA) is 58.1 Å². The van der Waals surface area contributed by atoms with Crippen LogP contribution in [0.4, 0.5) is 5.95 Å². The summed E-state index contributed by atoms with van der Waals surface area (Å²) in [6.45, 7) is 6.49. The average Bonchev–Trinajstić information content (AvgIpc) is 2.72. The summed E-state index contributed by atoms with van der Waals surface area (Å²) >= 11 is 0. The van der Waals surface area contributed by atoms with E-state index in [1.807, 2.05) is 30.5 Å². The number of carbonyl (C=O) groups is 1. The van der Waals surface area contributed by atoms with E-state index >= 15 is 0 Å². The number of nitrogens with zero attached hydrogens (tertiary/aromatic N) is 3. The van der Waals surface area contributed by atoms with E-state index in [4.69, 9.17) is 4.98 Å². The van der Waals surface area contributed by atoms with Crippen LogP contribution in [-0.4, -0.2) is 28.8 Å². The highest BCUT2D eigenvalue weighted by Crippen LogP contribution is 2.25.